The highest BCUT2D eigenvalue weighted by Crippen LogP contribution is 2.37. The Kier molecular flexibility index (Phi) is 3.17. The van der Waals surface area contributed by atoms with Crippen LogP contribution in [-0.2, 0) is 11.2 Å². The summed E-state index contributed by atoms with van der Waals surface area (Å²) in [6.45, 7) is 0.790. The van der Waals surface area contributed by atoms with E-state index in [-0.39, 0.29) is 12.2 Å². The Morgan fingerprint density at radius 1 is 1.24 bits per heavy atom. The Hall–Kier alpha value is -0.860. The molecule has 1 aliphatic carbocycles. The molecule has 0 saturated heterocycles. The van der Waals surface area contributed by atoms with Gasteiger partial charge in [-0.3, -0.25) is 0 Å². The van der Waals surface area contributed by atoms with Crippen LogP contribution in [-0.4, -0.2) is 17.8 Å². The van der Waals surface area contributed by atoms with Crippen LogP contribution < -0.4 is 0 Å². The first-order valence-corrected chi connectivity index (χ1v) is 6.70. The lowest BCUT2D eigenvalue weighted by Crippen LogP contribution is -2.21. The van der Waals surface area contributed by atoms with Gasteiger partial charge in [0.2, 0.25) is 0 Å². The maximum Gasteiger partial charge on any atom is 0.0852 e. The Bertz CT molecular complexity index is 384. The zero-order chi connectivity index (χ0) is 11.7. The summed E-state index contributed by atoms with van der Waals surface area (Å²) in [5.74, 6) is 0.781. The molecule has 1 N–H and O–H groups in total. The predicted molar refractivity (Wildman–Crippen MR) is 66.8 cm³/mol. The first kappa shape index (κ1) is 11.2. The van der Waals surface area contributed by atoms with Gasteiger partial charge in [-0.25, -0.2) is 0 Å². The first-order chi connectivity index (χ1) is 8.33. The van der Waals surface area contributed by atoms with Crippen molar-refractivity contribution < 1.29 is 9.84 Å². The summed E-state index contributed by atoms with van der Waals surface area (Å²) in [4.78, 5) is 0. The predicted octanol–water partition coefficient (Wildman–Crippen LogP) is 2.85. The molecule has 0 spiro atoms. The summed E-state index contributed by atoms with van der Waals surface area (Å²) in [5, 5.41) is 10.1. The van der Waals surface area contributed by atoms with Crippen molar-refractivity contribution in [1.29, 1.82) is 0 Å². The number of ether oxygens (including phenoxy) is 1. The van der Waals surface area contributed by atoms with E-state index in [2.05, 4.69) is 24.3 Å². The molecule has 0 radical (unpaired) electrons. The number of benzene rings is 1. The zero-order valence-corrected chi connectivity index (χ0v) is 10.1. The zero-order valence-electron chi connectivity index (χ0n) is 10.1. The second-order valence-corrected chi connectivity index (χ2v) is 5.38. The molecule has 2 aliphatic rings. The third-order valence-electron chi connectivity index (χ3n) is 3.88. The van der Waals surface area contributed by atoms with Gasteiger partial charge in [0.15, 0.2) is 0 Å². The van der Waals surface area contributed by atoms with E-state index in [1.54, 1.807) is 0 Å². The lowest BCUT2D eigenvalue weighted by Gasteiger charge is -2.27. The number of fused-ring (bicyclic) bond motifs is 1. The van der Waals surface area contributed by atoms with E-state index in [9.17, 15) is 5.11 Å². The molecule has 0 amide bonds. The van der Waals surface area contributed by atoms with Crippen molar-refractivity contribution in [3.05, 3.63) is 35.4 Å². The van der Waals surface area contributed by atoms with Gasteiger partial charge in [-0.15, -0.1) is 0 Å². The van der Waals surface area contributed by atoms with Crippen molar-refractivity contribution in [2.24, 2.45) is 5.92 Å². The Labute approximate surface area is 103 Å². The maximum absolute atomic E-state index is 10.1. The monoisotopic (exact) mass is 232 g/mol. The van der Waals surface area contributed by atoms with E-state index in [0.717, 1.165) is 31.8 Å². The number of aliphatic hydroxyl groups is 1. The van der Waals surface area contributed by atoms with E-state index in [0.29, 0.717) is 0 Å². The SMILES string of the molecule is OC(CC1CC1)CC1OCCc2ccccc21. The van der Waals surface area contributed by atoms with Crippen molar-refractivity contribution in [2.75, 3.05) is 6.61 Å². The Morgan fingerprint density at radius 3 is 2.88 bits per heavy atom. The molecule has 0 bridgehead atoms. The lowest BCUT2D eigenvalue weighted by atomic mass is 9.93. The molecule has 2 atom stereocenters. The molecule has 1 fully saturated rings. The second kappa shape index (κ2) is 4.79. The van der Waals surface area contributed by atoms with Crippen LogP contribution in [0.15, 0.2) is 24.3 Å². The quantitative estimate of drug-likeness (QED) is 0.865. The average molecular weight is 232 g/mol. The van der Waals surface area contributed by atoms with Crippen LogP contribution in [0.5, 0.6) is 0 Å². The minimum Gasteiger partial charge on any atom is -0.393 e. The highest BCUT2D eigenvalue weighted by Gasteiger charge is 2.28. The van der Waals surface area contributed by atoms with Crippen LogP contribution in [0.25, 0.3) is 0 Å². The number of rotatable bonds is 4. The van der Waals surface area contributed by atoms with Gasteiger partial charge in [0.05, 0.1) is 18.8 Å². The summed E-state index contributed by atoms with van der Waals surface area (Å²) >= 11 is 0. The maximum atomic E-state index is 10.1. The minimum absolute atomic E-state index is 0.105. The van der Waals surface area contributed by atoms with E-state index in [1.165, 1.54) is 24.0 Å². The Balaban J connectivity index is 1.67. The molecule has 1 aromatic rings. The van der Waals surface area contributed by atoms with Gasteiger partial charge in [0.1, 0.15) is 0 Å². The number of hydrogen-bond donors (Lipinski definition) is 1. The largest absolute Gasteiger partial charge is 0.393 e. The summed E-state index contributed by atoms with van der Waals surface area (Å²) in [6, 6.07) is 8.47. The molecule has 92 valence electrons. The van der Waals surface area contributed by atoms with Gasteiger partial charge >= 0.3 is 0 Å². The van der Waals surface area contributed by atoms with Crippen LogP contribution in [0.2, 0.25) is 0 Å². The molecule has 3 rings (SSSR count). The van der Waals surface area contributed by atoms with Gasteiger partial charge in [-0.05, 0) is 29.9 Å². The molecule has 1 aliphatic heterocycles. The molecule has 0 aromatic heterocycles. The van der Waals surface area contributed by atoms with E-state index >= 15 is 0 Å². The van der Waals surface area contributed by atoms with Gasteiger partial charge in [-0.1, -0.05) is 37.1 Å². The fourth-order valence-corrected chi connectivity index (χ4v) is 2.75. The topological polar surface area (TPSA) is 29.5 Å². The van der Waals surface area contributed by atoms with Crippen molar-refractivity contribution in [3.63, 3.8) is 0 Å². The highest BCUT2D eigenvalue weighted by atomic mass is 16.5. The molecule has 1 saturated carbocycles. The summed E-state index contributed by atoms with van der Waals surface area (Å²) in [6.07, 6.45) is 5.24. The second-order valence-electron chi connectivity index (χ2n) is 5.38. The van der Waals surface area contributed by atoms with Gasteiger partial charge in [0, 0.05) is 6.42 Å². The smallest absolute Gasteiger partial charge is 0.0852 e. The molecule has 2 nitrogen and oxygen atoms in total. The van der Waals surface area contributed by atoms with Crippen LogP contribution in [0.3, 0.4) is 0 Å². The van der Waals surface area contributed by atoms with Gasteiger partial charge < -0.3 is 9.84 Å². The fourth-order valence-electron chi connectivity index (χ4n) is 2.75. The normalized spacial score (nSPS) is 25.4. The number of hydrogen-bond acceptors (Lipinski definition) is 2. The molecule has 1 aromatic carbocycles. The van der Waals surface area contributed by atoms with Crippen molar-refractivity contribution >= 4 is 0 Å². The standard InChI is InChI=1S/C15H20O2/c16-13(9-11-5-6-11)10-15-14-4-2-1-3-12(14)7-8-17-15/h1-4,11,13,15-16H,5-10H2. The highest BCUT2D eigenvalue weighted by molar-refractivity contribution is 5.30. The minimum atomic E-state index is -0.196. The van der Waals surface area contributed by atoms with Crippen LogP contribution in [0.1, 0.15) is 42.9 Å². The third kappa shape index (κ3) is 2.70. The molecule has 2 unspecified atom stereocenters. The van der Waals surface area contributed by atoms with E-state index < -0.39 is 0 Å². The van der Waals surface area contributed by atoms with Crippen LogP contribution in [0, 0.1) is 5.92 Å². The summed E-state index contributed by atoms with van der Waals surface area (Å²) < 4.78 is 5.82. The first-order valence-electron chi connectivity index (χ1n) is 6.70. The van der Waals surface area contributed by atoms with Crippen LogP contribution in [0.4, 0.5) is 0 Å². The van der Waals surface area contributed by atoms with E-state index in [4.69, 9.17) is 4.74 Å². The molecule has 2 heteroatoms. The Morgan fingerprint density at radius 2 is 2.06 bits per heavy atom. The molecular formula is C15H20O2. The molecular weight excluding hydrogens is 212 g/mol. The van der Waals surface area contributed by atoms with Gasteiger partial charge in [0.25, 0.3) is 0 Å². The molecule has 1 heterocycles. The van der Waals surface area contributed by atoms with Gasteiger partial charge in [-0.2, -0.15) is 0 Å². The number of aliphatic hydroxyl groups excluding tert-OH is 1. The third-order valence-corrected chi connectivity index (χ3v) is 3.88. The fraction of sp³-hybridized carbons (Fsp3) is 0.600. The van der Waals surface area contributed by atoms with Crippen molar-refractivity contribution in [2.45, 2.75) is 44.3 Å². The summed E-state index contributed by atoms with van der Waals surface area (Å²) in [7, 11) is 0. The lowest BCUT2D eigenvalue weighted by molar-refractivity contribution is 0.00132. The van der Waals surface area contributed by atoms with Crippen LogP contribution >= 0.6 is 0 Å². The van der Waals surface area contributed by atoms with Crippen molar-refractivity contribution in [1.82, 2.24) is 0 Å². The van der Waals surface area contributed by atoms with E-state index in [1.807, 2.05) is 0 Å². The average Bonchev–Trinajstić information content (AvgIpc) is 3.13. The molecule has 17 heavy (non-hydrogen) atoms. The summed E-state index contributed by atoms with van der Waals surface area (Å²) in [5.41, 5.74) is 2.68. The van der Waals surface area contributed by atoms with Crippen molar-refractivity contribution in [3.8, 4) is 0 Å².